The Labute approximate surface area is 172 Å². The fraction of sp³-hybridized carbons (Fsp3) is 0.500. The van der Waals surface area contributed by atoms with E-state index in [1.54, 1.807) is 12.4 Å². The zero-order valence-electron chi connectivity index (χ0n) is 17.6. The molecule has 0 unspecified atom stereocenters. The lowest BCUT2D eigenvalue weighted by molar-refractivity contribution is 0.0746. The van der Waals surface area contributed by atoms with E-state index >= 15 is 0 Å². The van der Waals surface area contributed by atoms with Gasteiger partial charge in [0.1, 0.15) is 12.1 Å². The third-order valence-corrected chi connectivity index (χ3v) is 4.93. The van der Waals surface area contributed by atoms with Crippen LogP contribution in [0.15, 0.2) is 30.6 Å². The number of aromatic nitrogens is 2. The number of carbonyl (C=O) groups is 1. The summed E-state index contributed by atoms with van der Waals surface area (Å²) >= 11 is 0. The summed E-state index contributed by atoms with van der Waals surface area (Å²) in [5.41, 5.74) is 1.57. The Morgan fingerprint density at radius 2 is 1.83 bits per heavy atom. The van der Waals surface area contributed by atoms with Crippen LogP contribution < -0.4 is 14.4 Å². The van der Waals surface area contributed by atoms with Crippen LogP contribution in [-0.2, 0) is 0 Å². The lowest BCUT2D eigenvalue weighted by Gasteiger charge is -2.35. The minimum atomic E-state index is 0.0181. The number of benzene rings is 1. The van der Waals surface area contributed by atoms with E-state index in [2.05, 4.69) is 21.8 Å². The fourth-order valence-corrected chi connectivity index (χ4v) is 3.29. The largest absolute Gasteiger partial charge is 0.490 e. The van der Waals surface area contributed by atoms with E-state index in [4.69, 9.17) is 9.47 Å². The van der Waals surface area contributed by atoms with Gasteiger partial charge in [0.2, 0.25) is 0 Å². The number of amides is 1. The van der Waals surface area contributed by atoms with Crippen molar-refractivity contribution in [2.24, 2.45) is 0 Å². The summed E-state index contributed by atoms with van der Waals surface area (Å²) in [6, 6.07) is 7.44. The standard InChI is InChI=1S/C22H30N4O3/c1-4-6-13-29-19-8-7-18(15-20(19)28-5-2)22(27)26-11-9-25(10-12-26)21-14-17(3)23-16-24-21/h7-8,14-16H,4-6,9-13H2,1-3H3. The molecule has 29 heavy (non-hydrogen) atoms. The smallest absolute Gasteiger partial charge is 0.254 e. The van der Waals surface area contributed by atoms with Gasteiger partial charge in [-0.05, 0) is 38.5 Å². The number of hydrogen-bond donors (Lipinski definition) is 0. The summed E-state index contributed by atoms with van der Waals surface area (Å²) in [4.78, 5) is 25.6. The number of carbonyl (C=O) groups excluding carboxylic acids is 1. The molecule has 2 aromatic rings. The summed E-state index contributed by atoms with van der Waals surface area (Å²) in [5.74, 6) is 2.26. The zero-order valence-corrected chi connectivity index (χ0v) is 17.6. The van der Waals surface area contributed by atoms with Crippen LogP contribution in [0.5, 0.6) is 11.5 Å². The van der Waals surface area contributed by atoms with E-state index in [0.717, 1.165) is 37.4 Å². The maximum Gasteiger partial charge on any atom is 0.254 e. The van der Waals surface area contributed by atoms with Crippen molar-refractivity contribution >= 4 is 11.7 Å². The van der Waals surface area contributed by atoms with Gasteiger partial charge in [0.15, 0.2) is 11.5 Å². The van der Waals surface area contributed by atoms with Gasteiger partial charge < -0.3 is 19.3 Å². The first kappa shape index (κ1) is 20.9. The molecular formula is C22H30N4O3. The van der Waals surface area contributed by atoms with E-state index in [-0.39, 0.29) is 5.91 Å². The first-order chi connectivity index (χ1) is 14.1. The van der Waals surface area contributed by atoms with Crippen molar-refractivity contribution in [1.29, 1.82) is 0 Å². The Hall–Kier alpha value is -2.83. The van der Waals surface area contributed by atoms with Crippen LogP contribution in [0.1, 0.15) is 42.7 Å². The quantitative estimate of drug-likeness (QED) is 0.636. The molecule has 1 saturated heterocycles. The van der Waals surface area contributed by atoms with Gasteiger partial charge in [0.05, 0.1) is 13.2 Å². The number of unbranched alkanes of at least 4 members (excludes halogenated alkanes) is 1. The van der Waals surface area contributed by atoms with E-state index in [0.29, 0.717) is 43.4 Å². The van der Waals surface area contributed by atoms with E-state index < -0.39 is 0 Å². The minimum Gasteiger partial charge on any atom is -0.490 e. The zero-order chi connectivity index (χ0) is 20.6. The summed E-state index contributed by atoms with van der Waals surface area (Å²) in [7, 11) is 0. The van der Waals surface area contributed by atoms with Crippen LogP contribution in [0, 0.1) is 6.92 Å². The SMILES string of the molecule is CCCCOc1ccc(C(=O)N2CCN(c3cc(C)ncn3)CC2)cc1OCC. The monoisotopic (exact) mass is 398 g/mol. The summed E-state index contributed by atoms with van der Waals surface area (Å²) in [6.45, 7) is 9.99. The normalized spacial score (nSPS) is 14.0. The topological polar surface area (TPSA) is 67.8 Å². The number of ether oxygens (including phenoxy) is 2. The van der Waals surface area contributed by atoms with Crippen LogP contribution in [0.25, 0.3) is 0 Å². The molecule has 0 spiro atoms. The first-order valence-corrected chi connectivity index (χ1v) is 10.3. The second-order valence-corrected chi connectivity index (χ2v) is 7.09. The molecule has 0 saturated carbocycles. The van der Waals surface area contributed by atoms with Gasteiger partial charge in [-0.1, -0.05) is 13.3 Å². The van der Waals surface area contributed by atoms with Gasteiger partial charge in [-0.3, -0.25) is 4.79 Å². The Balaban J connectivity index is 1.65. The Morgan fingerprint density at radius 3 is 2.52 bits per heavy atom. The van der Waals surface area contributed by atoms with Crippen LogP contribution in [0.3, 0.4) is 0 Å². The lowest BCUT2D eigenvalue weighted by atomic mass is 10.1. The minimum absolute atomic E-state index is 0.0181. The molecule has 0 radical (unpaired) electrons. The molecule has 1 aliphatic rings. The predicted octanol–water partition coefficient (Wildman–Crippen LogP) is 3.33. The van der Waals surface area contributed by atoms with E-state index in [1.807, 2.05) is 36.9 Å². The van der Waals surface area contributed by atoms with Crippen molar-refractivity contribution in [3.63, 3.8) is 0 Å². The molecule has 1 fully saturated rings. The fourth-order valence-electron chi connectivity index (χ4n) is 3.29. The average molecular weight is 399 g/mol. The van der Waals surface area contributed by atoms with Crippen molar-refractivity contribution in [2.45, 2.75) is 33.6 Å². The molecule has 0 N–H and O–H groups in total. The molecule has 3 rings (SSSR count). The predicted molar refractivity (Wildman–Crippen MR) is 113 cm³/mol. The highest BCUT2D eigenvalue weighted by molar-refractivity contribution is 5.95. The average Bonchev–Trinajstić information content (AvgIpc) is 2.75. The highest BCUT2D eigenvalue weighted by Gasteiger charge is 2.24. The molecule has 0 atom stereocenters. The highest BCUT2D eigenvalue weighted by Crippen LogP contribution is 2.29. The van der Waals surface area contributed by atoms with Gasteiger partial charge in [-0.2, -0.15) is 0 Å². The molecule has 1 amide bonds. The van der Waals surface area contributed by atoms with Crippen LogP contribution in [0.4, 0.5) is 5.82 Å². The third-order valence-electron chi connectivity index (χ3n) is 4.93. The van der Waals surface area contributed by atoms with Crippen molar-refractivity contribution < 1.29 is 14.3 Å². The molecule has 156 valence electrons. The molecule has 1 aromatic heterocycles. The molecular weight excluding hydrogens is 368 g/mol. The Morgan fingerprint density at radius 1 is 1.03 bits per heavy atom. The van der Waals surface area contributed by atoms with Crippen LogP contribution >= 0.6 is 0 Å². The second-order valence-electron chi connectivity index (χ2n) is 7.09. The summed E-state index contributed by atoms with van der Waals surface area (Å²) in [6.07, 6.45) is 3.64. The molecule has 1 aromatic carbocycles. The van der Waals surface area contributed by atoms with Crippen molar-refractivity contribution in [2.75, 3.05) is 44.3 Å². The van der Waals surface area contributed by atoms with Gasteiger partial charge in [0, 0.05) is 43.5 Å². The number of hydrogen-bond acceptors (Lipinski definition) is 6. The molecule has 7 nitrogen and oxygen atoms in total. The Kier molecular flexibility index (Phi) is 7.27. The number of aryl methyl sites for hydroxylation is 1. The van der Waals surface area contributed by atoms with Gasteiger partial charge in [-0.25, -0.2) is 9.97 Å². The molecule has 1 aliphatic heterocycles. The van der Waals surface area contributed by atoms with Crippen molar-refractivity contribution in [1.82, 2.24) is 14.9 Å². The maximum atomic E-state index is 13.0. The molecule has 0 bridgehead atoms. The van der Waals surface area contributed by atoms with Crippen molar-refractivity contribution in [3.8, 4) is 11.5 Å². The summed E-state index contributed by atoms with van der Waals surface area (Å²) in [5, 5.41) is 0. The van der Waals surface area contributed by atoms with Gasteiger partial charge in [-0.15, -0.1) is 0 Å². The first-order valence-electron chi connectivity index (χ1n) is 10.3. The number of anilines is 1. The highest BCUT2D eigenvalue weighted by atomic mass is 16.5. The number of rotatable bonds is 8. The van der Waals surface area contributed by atoms with Crippen molar-refractivity contribution in [3.05, 3.63) is 41.9 Å². The van der Waals surface area contributed by atoms with Crippen LogP contribution in [0.2, 0.25) is 0 Å². The lowest BCUT2D eigenvalue weighted by Crippen LogP contribution is -2.49. The molecule has 0 aliphatic carbocycles. The number of nitrogens with zero attached hydrogens (tertiary/aromatic N) is 4. The summed E-state index contributed by atoms with van der Waals surface area (Å²) < 4.78 is 11.5. The van der Waals surface area contributed by atoms with E-state index in [9.17, 15) is 4.79 Å². The third kappa shape index (κ3) is 5.37. The maximum absolute atomic E-state index is 13.0. The van der Waals surface area contributed by atoms with Gasteiger partial charge in [0.25, 0.3) is 5.91 Å². The molecule has 2 heterocycles. The van der Waals surface area contributed by atoms with E-state index in [1.165, 1.54) is 0 Å². The van der Waals surface area contributed by atoms with Crippen LogP contribution in [-0.4, -0.2) is 60.2 Å². The Bertz CT molecular complexity index is 819. The second kappa shape index (κ2) is 10.1. The number of piperazine rings is 1. The molecule has 7 heteroatoms. The van der Waals surface area contributed by atoms with Gasteiger partial charge >= 0.3 is 0 Å².